The van der Waals surface area contributed by atoms with Crippen molar-refractivity contribution < 1.29 is 0 Å². The molecule has 2 fully saturated rings. The second-order valence-corrected chi connectivity index (χ2v) is 6.53. The van der Waals surface area contributed by atoms with Gasteiger partial charge in [-0.2, -0.15) is 0 Å². The van der Waals surface area contributed by atoms with Gasteiger partial charge in [-0.1, -0.05) is 36.4 Å². The number of fused-ring (bicyclic) bond motifs is 2. The van der Waals surface area contributed by atoms with Crippen LogP contribution in [0, 0.1) is 11.3 Å². The molecule has 0 atom stereocenters. The molecule has 0 aromatic rings. The third kappa shape index (κ3) is 0.678. The highest BCUT2D eigenvalue weighted by atomic mass is 127. The molecule has 0 radical (unpaired) electrons. The molecule has 0 heterocycles. The molecule has 2 rings (SSSR count). The quantitative estimate of drug-likeness (QED) is 0.456. The highest BCUT2D eigenvalue weighted by molar-refractivity contribution is 14.1. The first-order valence-corrected chi connectivity index (χ1v) is 5.33. The van der Waals surface area contributed by atoms with Gasteiger partial charge in [0.1, 0.15) is 0 Å². The molecule has 0 spiro atoms. The summed E-state index contributed by atoms with van der Waals surface area (Å²) < 4.78 is 0.676. The summed E-state index contributed by atoms with van der Waals surface area (Å²) in [5.41, 5.74) is 0.646. The molecule has 2 saturated carbocycles. The van der Waals surface area contributed by atoms with E-state index in [1.807, 2.05) is 0 Å². The Morgan fingerprint density at radius 2 is 1.70 bits per heavy atom. The van der Waals surface area contributed by atoms with Crippen LogP contribution in [0.4, 0.5) is 0 Å². The minimum Gasteiger partial charge on any atom is -0.0783 e. The average Bonchev–Trinajstić information content (AvgIpc) is 2.18. The molecule has 0 aromatic heterocycles. The van der Waals surface area contributed by atoms with E-state index in [0.717, 1.165) is 5.92 Å². The average molecular weight is 250 g/mol. The van der Waals surface area contributed by atoms with Crippen LogP contribution in [0.15, 0.2) is 0 Å². The predicted octanol–water partition coefficient (Wildman–Crippen LogP) is 3.39. The highest BCUT2D eigenvalue weighted by Crippen LogP contribution is 2.64. The largest absolute Gasteiger partial charge is 0.0783 e. The van der Waals surface area contributed by atoms with Crippen LogP contribution in [-0.2, 0) is 0 Å². The van der Waals surface area contributed by atoms with Gasteiger partial charge < -0.3 is 0 Å². The SMILES string of the molecule is CC1(C)[C@H]2CC[C@@]1(I)CC2. The van der Waals surface area contributed by atoms with Gasteiger partial charge in [0.05, 0.1) is 0 Å². The highest BCUT2D eigenvalue weighted by Gasteiger charge is 2.57. The topological polar surface area (TPSA) is 0 Å². The summed E-state index contributed by atoms with van der Waals surface area (Å²) in [5.74, 6) is 1.05. The number of hydrogen-bond acceptors (Lipinski definition) is 0. The minimum absolute atomic E-state index is 0.646. The number of halogens is 1. The lowest BCUT2D eigenvalue weighted by Crippen LogP contribution is -2.30. The molecule has 2 aliphatic carbocycles. The van der Waals surface area contributed by atoms with E-state index in [1.54, 1.807) is 0 Å². The molecule has 0 saturated heterocycles. The van der Waals surface area contributed by atoms with E-state index in [4.69, 9.17) is 0 Å². The van der Waals surface area contributed by atoms with Gasteiger partial charge in [-0.3, -0.25) is 0 Å². The van der Waals surface area contributed by atoms with Crippen molar-refractivity contribution in [3.05, 3.63) is 0 Å². The number of hydrogen-bond donors (Lipinski definition) is 0. The van der Waals surface area contributed by atoms with Gasteiger partial charge in [0.15, 0.2) is 0 Å². The fourth-order valence-electron chi connectivity index (χ4n) is 2.81. The van der Waals surface area contributed by atoms with Crippen LogP contribution in [0.5, 0.6) is 0 Å². The zero-order valence-electron chi connectivity index (χ0n) is 6.78. The maximum absolute atomic E-state index is 2.71. The Kier molecular flexibility index (Phi) is 1.41. The Balaban J connectivity index is 2.37. The molecular weight excluding hydrogens is 235 g/mol. The number of rotatable bonds is 0. The molecule has 58 valence electrons. The molecule has 0 nitrogen and oxygen atoms in total. The van der Waals surface area contributed by atoms with Crippen LogP contribution >= 0.6 is 22.6 Å². The van der Waals surface area contributed by atoms with Gasteiger partial charge in [0.25, 0.3) is 0 Å². The second kappa shape index (κ2) is 1.90. The first-order chi connectivity index (χ1) is 4.56. The molecular formula is C9H15I. The van der Waals surface area contributed by atoms with Crippen molar-refractivity contribution in [2.75, 3.05) is 0 Å². The molecule has 10 heavy (non-hydrogen) atoms. The van der Waals surface area contributed by atoms with Gasteiger partial charge in [-0.15, -0.1) is 0 Å². The Morgan fingerprint density at radius 1 is 1.20 bits per heavy atom. The molecule has 1 heteroatoms. The maximum atomic E-state index is 2.71. The molecule has 2 aliphatic rings. The van der Waals surface area contributed by atoms with Crippen LogP contribution in [0.2, 0.25) is 0 Å². The molecule has 0 aliphatic heterocycles. The summed E-state index contributed by atoms with van der Waals surface area (Å²) >= 11 is 2.71. The zero-order chi connectivity index (χ0) is 7.41. The van der Waals surface area contributed by atoms with Gasteiger partial charge >= 0.3 is 0 Å². The van der Waals surface area contributed by atoms with Crippen molar-refractivity contribution in [3.63, 3.8) is 0 Å². The van der Waals surface area contributed by atoms with Crippen molar-refractivity contribution >= 4 is 22.6 Å². The smallest absolute Gasteiger partial charge is 0.0276 e. The van der Waals surface area contributed by atoms with Gasteiger partial charge in [0, 0.05) is 3.42 Å². The van der Waals surface area contributed by atoms with Crippen molar-refractivity contribution in [3.8, 4) is 0 Å². The summed E-state index contributed by atoms with van der Waals surface area (Å²) in [6.45, 7) is 4.92. The summed E-state index contributed by atoms with van der Waals surface area (Å²) in [6, 6.07) is 0. The molecule has 0 unspecified atom stereocenters. The predicted molar refractivity (Wildman–Crippen MR) is 52.5 cm³/mol. The third-order valence-electron chi connectivity index (χ3n) is 3.95. The summed E-state index contributed by atoms with van der Waals surface area (Å²) in [6.07, 6.45) is 5.95. The van der Waals surface area contributed by atoms with Gasteiger partial charge in [-0.05, 0) is 37.0 Å². The van der Waals surface area contributed by atoms with Crippen molar-refractivity contribution in [2.45, 2.75) is 43.0 Å². The van der Waals surface area contributed by atoms with E-state index >= 15 is 0 Å². The van der Waals surface area contributed by atoms with E-state index < -0.39 is 0 Å². The van der Waals surface area contributed by atoms with Crippen LogP contribution < -0.4 is 0 Å². The van der Waals surface area contributed by atoms with Crippen molar-refractivity contribution in [2.24, 2.45) is 11.3 Å². The third-order valence-corrected chi connectivity index (χ3v) is 6.42. The maximum Gasteiger partial charge on any atom is 0.0276 e. The van der Waals surface area contributed by atoms with E-state index in [-0.39, 0.29) is 0 Å². The van der Waals surface area contributed by atoms with E-state index in [2.05, 4.69) is 36.4 Å². The Hall–Kier alpha value is 0.730. The normalized spacial score (nSPS) is 50.1. The monoisotopic (exact) mass is 250 g/mol. The van der Waals surface area contributed by atoms with E-state index in [0.29, 0.717) is 8.84 Å². The summed E-state index contributed by atoms with van der Waals surface area (Å²) in [4.78, 5) is 0. The fraction of sp³-hybridized carbons (Fsp3) is 1.00. The minimum atomic E-state index is 0.646. The summed E-state index contributed by atoms with van der Waals surface area (Å²) in [7, 11) is 0. The first kappa shape index (κ1) is 7.38. The van der Waals surface area contributed by atoms with Crippen molar-refractivity contribution in [1.29, 1.82) is 0 Å². The fourth-order valence-corrected chi connectivity index (χ4v) is 3.87. The lowest BCUT2D eigenvalue weighted by molar-refractivity contribution is 0.291. The van der Waals surface area contributed by atoms with E-state index in [9.17, 15) is 0 Å². The Bertz CT molecular complexity index is 149. The van der Waals surface area contributed by atoms with E-state index in [1.165, 1.54) is 25.7 Å². The lowest BCUT2D eigenvalue weighted by atomic mass is 9.82. The Morgan fingerprint density at radius 3 is 1.80 bits per heavy atom. The van der Waals surface area contributed by atoms with Crippen LogP contribution in [0.1, 0.15) is 39.5 Å². The van der Waals surface area contributed by atoms with Gasteiger partial charge in [-0.25, -0.2) is 0 Å². The lowest BCUT2D eigenvalue weighted by Gasteiger charge is -2.32. The zero-order valence-corrected chi connectivity index (χ0v) is 8.94. The van der Waals surface area contributed by atoms with Crippen LogP contribution in [-0.4, -0.2) is 3.42 Å². The molecule has 0 aromatic carbocycles. The van der Waals surface area contributed by atoms with Crippen molar-refractivity contribution in [1.82, 2.24) is 0 Å². The molecule has 2 bridgehead atoms. The first-order valence-electron chi connectivity index (χ1n) is 4.25. The molecule has 0 N–H and O–H groups in total. The molecule has 0 amide bonds. The van der Waals surface area contributed by atoms with Gasteiger partial charge in [0.2, 0.25) is 0 Å². The Labute approximate surface area is 76.9 Å². The second-order valence-electron chi connectivity index (χ2n) is 4.46. The van der Waals surface area contributed by atoms with Crippen LogP contribution in [0.3, 0.4) is 0 Å². The van der Waals surface area contributed by atoms with Crippen LogP contribution in [0.25, 0.3) is 0 Å². The standard InChI is InChI=1S/C9H15I/c1-8(2)7-3-5-9(8,10)6-4-7/h7H,3-6H2,1-2H3/t7-,9+. The summed E-state index contributed by atoms with van der Waals surface area (Å²) in [5, 5.41) is 0. The number of alkyl halides is 1.